The van der Waals surface area contributed by atoms with Gasteiger partial charge in [-0.05, 0) is 30.0 Å². The van der Waals surface area contributed by atoms with Crippen LogP contribution in [0.5, 0.6) is 0 Å². The van der Waals surface area contributed by atoms with Gasteiger partial charge in [0.1, 0.15) is 5.82 Å². The molecule has 0 amide bonds. The van der Waals surface area contributed by atoms with Gasteiger partial charge >= 0.3 is 0 Å². The van der Waals surface area contributed by atoms with E-state index in [9.17, 15) is 4.79 Å². The number of para-hydroxylation sites is 2. The SMILES string of the molecule is Cc1csc(C(=O)Cc2nc3ccccc3n2C)c1Cl. The van der Waals surface area contributed by atoms with Crippen LogP contribution in [0.3, 0.4) is 0 Å². The zero-order chi connectivity index (χ0) is 14.3. The molecule has 0 radical (unpaired) electrons. The van der Waals surface area contributed by atoms with E-state index >= 15 is 0 Å². The number of hydrogen-bond acceptors (Lipinski definition) is 3. The predicted octanol–water partition coefficient (Wildman–Crippen LogP) is 4.02. The van der Waals surface area contributed by atoms with Crippen molar-refractivity contribution in [1.29, 1.82) is 0 Å². The quantitative estimate of drug-likeness (QED) is 0.685. The number of imidazole rings is 1. The third kappa shape index (κ3) is 2.15. The highest BCUT2D eigenvalue weighted by Gasteiger charge is 2.18. The minimum absolute atomic E-state index is 0.0199. The minimum Gasteiger partial charge on any atom is -0.331 e. The zero-order valence-electron chi connectivity index (χ0n) is 11.2. The average molecular weight is 305 g/mol. The first-order chi connectivity index (χ1) is 9.58. The van der Waals surface area contributed by atoms with Gasteiger partial charge in [0, 0.05) is 7.05 Å². The molecule has 3 aromatic rings. The Morgan fingerprint density at radius 3 is 2.80 bits per heavy atom. The first-order valence-corrected chi connectivity index (χ1v) is 7.51. The van der Waals surface area contributed by atoms with Crippen molar-refractivity contribution in [3.8, 4) is 0 Å². The van der Waals surface area contributed by atoms with Gasteiger partial charge in [-0.15, -0.1) is 11.3 Å². The highest BCUT2D eigenvalue weighted by Crippen LogP contribution is 2.28. The standard InChI is InChI=1S/C15H13ClN2OS/c1-9-8-20-15(14(9)16)12(19)7-13-17-10-5-3-4-6-11(10)18(13)2/h3-6,8H,7H2,1-2H3. The van der Waals surface area contributed by atoms with Crippen LogP contribution in [0.25, 0.3) is 11.0 Å². The summed E-state index contributed by atoms with van der Waals surface area (Å²) in [6.45, 7) is 1.91. The van der Waals surface area contributed by atoms with Gasteiger partial charge in [-0.25, -0.2) is 4.98 Å². The molecular weight excluding hydrogens is 292 g/mol. The van der Waals surface area contributed by atoms with Crippen LogP contribution < -0.4 is 0 Å². The first-order valence-electron chi connectivity index (χ1n) is 6.25. The topological polar surface area (TPSA) is 34.9 Å². The summed E-state index contributed by atoms with van der Waals surface area (Å²) in [7, 11) is 1.93. The fourth-order valence-corrected chi connectivity index (χ4v) is 3.43. The van der Waals surface area contributed by atoms with Crippen LogP contribution in [0.15, 0.2) is 29.6 Å². The minimum atomic E-state index is 0.0199. The molecule has 0 bridgehead atoms. The normalized spacial score (nSPS) is 11.2. The number of fused-ring (bicyclic) bond motifs is 1. The van der Waals surface area contributed by atoms with E-state index in [1.165, 1.54) is 11.3 Å². The summed E-state index contributed by atoms with van der Waals surface area (Å²) in [4.78, 5) is 17.5. The van der Waals surface area contributed by atoms with Crippen LogP contribution in [0, 0.1) is 6.92 Å². The molecule has 0 saturated heterocycles. The van der Waals surface area contributed by atoms with Crippen molar-refractivity contribution in [3.05, 3.63) is 50.9 Å². The maximum atomic E-state index is 12.3. The van der Waals surface area contributed by atoms with Gasteiger partial charge < -0.3 is 4.57 Å². The van der Waals surface area contributed by atoms with E-state index in [0.717, 1.165) is 22.4 Å². The van der Waals surface area contributed by atoms with Crippen LogP contribution >= 0.6 is 22.9 Å². The molecule has 0 saturated carbocycles. The molecule has 20 heavy (non-hydrogen) atoms. The second-order valence-corrected chi connectivity index (χ2v) is 6.00. The molecule has 0 spiro atoms. The van der Waals surface area contributed by atoms with Crippen molar-refractivity contribution in [3.63, 3.8) is 0 Å². The second kappa shape index (κ2) is 5.04. The Kier molecular flexibility index (Phi) is 3.36. The number of halogens is 1. The summed E-state index contributed by atoms with van der Waals surface area (Å²) in [5, 5.41) is 2.48. The summed E-state index contributed by atoms with van der Waals surface area (Å²) >= 11 is 7.55. The second-order valence-electron chi connectivity index (χ2n) is 4.74. The predicted molar refractivity (Wildman–Crippen MR) is 82.8 cm³/mol. The van der Waals surface area contributed by atoms with Crippen LogP contribution in [-0.2, 0) is 13.5 Å². The fourth-order valence-electron chi connectivity index (χ4n) is 2.20. The summed E-state index contributed by atoms with van der Waals surface area (Å²) in [6, 6.07) is 7.86. The molecule has 2 aromatic heterocycles. The lowest BCUT2D eigenvalue weighted by molar-refractivity contribution is 0.0994. The maximum Gasteiger partial charge on any atom is 0.181 e. The number of Topliss-reactive ketones (excluding diaryl/α,β-unsaturated/α-hetero) is 1. The van der Waals surface area contributed by atoms with Crippen molar-refractivity contribution in [2.45, 2.75) is 13.3 Å². The molecule has 2 heterocycles. The molecule has 1 aromatic carbocycles. The van der Waals surface area contributed by atoms with Crippen molar-refractivity contribution >= 4 is 39.8 Å². The molecule has 3 rings (SSSR count). The number of rotatable bonds is 3. The van der Waals surface area contributed by atoms with Crippen molar-refractivity contribution < 1.29 is 4.79 Å². The third-order valence-corrected chi connectivity index (χ3v) is 5.09. The molecule has 5 heteroatoms. The maximum absolute atomic E-state index is 12.3. The van der Waals surface area contributed by atoms with E-state index in [2.05, 4.69) is 4.98 Å². The van der Waals surface area contributed by atoms with Crippen LogP contribution in [0.2, 0.25) is 5.02 Å². The molecular formula is C15H13ClN2OS. The highest BCUT2D eigenvalue weighted by atomic mass is 35.5. The number of hydrogen-bond donors (Lipinski definition) is 0. The molecule has 0 aliphatic rings. The summed E-state index contributed by atoms with van der Waals surface area (Å²) in [6.07, 6.45) is 0.269. The van der Waals surface area contributed by atoms with Gasteiger partial charge in [0.15, 0.2) is 5.78 Å². The number of aromatic nitrogens is 2. The van der Waals surface area contributed by atoms with E-state index < -0.39 is 0 Å². The van der Waals surface area contributed by atoms with Crippen molar-refractivity contribution in [1.82, 2.24) is 9.55 Å². The van der Waals surface area contributed by atoms with E-state index in [1.807, 2.05) is 48.2 Å². The van der Waals surface area contributed by atoms with E-state index in [-0.39, 0.29) is 12.2 Å². The van der Waals surface area contributed by atoms with E-state index in [1.54, 1.807) is 0 Å². The lowest BCUT2D eigenvalue weighted by Crippen LogP contribution is -2.07. The lowest BCUT2D eigenvalue weighted by Gasteiger charge is -2.01. The summed E-state index contributed by atoms with van der Waals surface area (Å²) < 4.78 is 1.96. The number of nitrogens with zero attached hydrogens (tertiary/aromatic N) is 2. The molecule has 0 fully saturated rings. The molecule has 0 atom stereocenters. The lowest BCUT2D eigenvalue weighted by atomic mass is 10.2. The van der Waals surface area contributed by atoms with Gasteiger partial charge in [0.2, 0.25) is 0 Å². The number of aryl methyl sites for hydroxylation is 2. The monoisotopic (exact) mass is 304 g/mol. The van der Waals surface area contributed by atoms with E-state index in [0.29, 0.717) is 9.90 Å². The number of carbonyl (C=O) groups excluding carboxylic acids is 1. The largest absolute Gasteiger partial charge is 0.331 e. The molecule has 0 N–H and O–H groups in total. The molecule has 3 nitrogen and oxygen atoms in total. The Hall–Kier alpha value is -1.65. The Morgan fingerprint density at radius 1 is 1.40 bits per heavy atom. The summed E-state index contributed by atoms with van der Waals surface area (Å²) in [5.41, 5.74) is 2.89. The van der Waals surface area contributed by atoms with Crippen molar-refractivity contribution in [2.24, 2.45) is 7.05 Å². The van der Waals surface area contributed by atoms with Gasteiger partial charge in [-0.3, -0.25) is 4.79 Å². The fraction of sp³-hybridized carbons (Fsp3) is 0.200. The van der Waals surface area contributed by atoms with Crippen molar-refractivity contribution in [2.75, 3.05) is 0 Å². The number of ketones is 1. The average Bonchev–Trinajstić information content (AvgIpc) is 2.93. The number of benzene rings is 1. The van der Waals surface area contributed by atoms with Gasteiger partial charge in [-0.2, -0.15) is 0 Å². The van der Waals surface area contributed by atoms with Crippen LogP contribution in [-0.4, -0.2) is 15.3 Å². The number of carbonyl (C=O) groups is 1. The van der Waals surface area contributed by atoms with Gasteiger partial charge in [0.25, 0.3) is 0 Å². The number of thiophene rings is 1. The molecule has 0 unspecified atom stereocenters. The smallest absolute Gasteiger partial charge is 0.181 e. The van der Waals surface area contributed by atoms with Crippen LogP contribution in [0.4, 0.5) is 0 Å². The molecule has 102 valence electrons. The van der Waals surface area contributed by atoms with Gasteiger partial charge in [0.05, 0.1) is 27.4 Å². The van der Waals surface area contributed by atoms with E-state index in [4.69, 9.17) is 11.6 Å². The van der Waals surface area contributed by atoms with Crippen LogP contribution in [0.1, 0.15) is 21.1 Å². The third-order valence-electron chi connectivity index (χ3n) is 3.35. The van der Waals surface area contributed by atoms with Gasteiger partial charge in [-0.1, -0.05) is 23.7 Å². The molecule has 0 aliphatic heterocycles. The summed E-state index contributed by atoms with van der Waals surface area (Å²) in [5.74, 6) is 0.782. The Labute approximate surface area is 125 Å². The first kappa shape index (κ1) is 13.3. The highest BCUT2D eigenvalue weighted by molar-refractivity contribution is 7.13. The Balaban J connectivity index is 1.95. The Morgan fingerprint density at radius 2 is 2.15 bits per heavy atom. The molecule has 0 aliphatic carbocycles. The Bertz CT molecular complexity index is 803. The zero-order valence-corrected chi connectivity index (χ0v) is 12.8.